The number of nitrogens with zero attached hydrogens (tertiary/aromatic N) is 3. The molecule has 9 nitrogen and oxygen atoms in total. The summed E-state index contributed by atoms with van der Waals surface area (Å²) in [7, 11) is 0.897. The SMILES string of the molecule is COc1cc(-c2cc(C(=O)N3CCN(S(=O)(=O)c4c(C)c(C)c(C)c(C)c4C)CC3)c3ccccc3n2)cc(OC)c1OC. The van der Waals surface area contributed by atoms with Crippen LogP contribution in [0.25, 0.3) is 22.2 Å². The number of benzene rings is 3. The van der Waals surface area contributed by atoms with Crippen LogP contribution in [0.4, 0.5) is 0 Å². The summed E-state index contributed by atoms with van der Waals surface area (Å²) in [6, 6.07) is 12.9. The van der Waals surface area contributed by atoms with Gasteiger partial charge in [0.2, 0.25) is 15.8 Å². The summed E-state index contributed by atoms with van der Waals surface area (Å²) >= 11 is 0. The van der Waals surface area contributed by atoms with E-state index in [1.165, 1.54) is 4.31 Å². The van der Waals surface area contributed by atoms with Gasteiger partial charge in [0.15, 0.2) is 11.5 Å². The molecule has 0 bridgehead atoms. The third-order valence-electron chi connectivity index (χ3n) is 8.96. The van der Waals surface area contributed by atoms with Crippen molar-refractivity contribution in [2.75, 3.05) is 47.5 Å². The molecule has 0 saturated carbocycles. The molecule has 1 aliphatic heterocycles. The molecule has 0 atom stereocenters. The first-order chi connectivity index (χ1) is 20.9. The minimum atomic E-state index is -3.74. The number of para-hydroxylation sites is 1. The van der Waals surface area contributed by atoms with E-state index in [4.69, 9.17) is 19.2 Å². The lowest BCUT2D eigenvalue weighted by Gasteiger charge is -2.35. The molecule has 0 unspecified atom stereocenters. The number of amides is 1. The highest BCUT2D eigenvalue weighted by atomic mass is 32.2. The van der Waals surface area contributed by atoms with E-state index in [9.17, 15) is 13.2 Å². The summed E-state index contributed by atoms with van der Waals surface area (Å²) in [5.41, 5.74) is 7.10. The Bertz CT molecular complexity index is 1820. The fraction of sp³-hybridized carbons (Fsp3) is 0.353. The maximum atomic E-state index is 14.1. The molecule has 1 aromatic heterocycles. The average Bonchev–Trinajstić information content (AvgIpc) is 3.04. The Morgan fingerprint density at radius 1 is 0.750 bits per heavy atom. The lowest BCUT2D eigenvalue weighted by molar-refractivity contribution is 0.0700. The first-order valence-electron chi connectivity index (χ1n) is 14.5. The van der Waals surface area contributed by atoms with E-state index in [0.717, 1.165) is 33.2 Å². The summed E-state index contributed by atoms with van der Waals surface area (Å²) in [4.78, 5) is 21.0. The van der Waals surface area contributed by atoms with E-state index in [0.29, 0.717) is 44.5 Å². The minimum Gasteiger partial charge on any atom is -0.493 e. The molecule has 232 valence electrons. The Labute approximate surface area is 259 Å². The second kappa shape index (κ2) is 12.1. The van der Waals surface area contributed by atoms with E-state index in [1.807, 2.05) is 58.9 Å². The number of carbonyl (C=O) groups is 1. The number of rotatable bonds is 7. The van der Waals surface area contributed by atoms with E-state index in [2.05, 4.69) is 0 Å². The molecule has 5 rings (SSSR count). The number of methoxy groups -OCH3 is 3. The van der Waals surface area contributed by atoms with Crippen LogP contribution in [0.3, 0.4) is 0 Å². The maximum Gasteiger partial charge on any atom is 0.254 e. The first-order valence-corrected chi connectivity index (χ1v) is 15.9. The van der Waals surface area contributed by atoms with Gasteiger partial charge in [0.25, 0.3) is 5.91 Å². The number of hydrogen-bond acceptors (Lipinski definition) is 7. The fourth-order valence-corrected chi connectivity index (χ4v) is 7.99. The molecule has 0 aliphatic carbocycles. The summed E-state index contributed by atoms with van der Waals surface area (Å²) in [5, 5.41) is 0.723. The monoisotopic (exact) mass is 617 g/mol. The zero-order valence-corrected chi connectivity index (χ0v) is 27.4. The van der Waals surface area contributed by atoms with Crippen LogP contribution in [0.5, 0.6) is 17.2 Å². The van der Waals surface area contributed by atoms with Gasteiger partial charge in [0, 0.05) is 37.1 Å². The summed E-state index contributed by atoms with van der Waals surface area (Å²) in [5.74, 6) is 1.24. The maximum absolute atomic E-state index is 14.1. The van der Waals surface area contributed by atoms with Crippen LogP contribution in [0.2, 0.25) is 0 Å². The number of fused-ring (bicyclic) bond motifs is 1. The van der Waals surface area contributed by atoms with Crippen LogP contribution < -0.4 is 14.2 Å². The zero-order valence-electron chi connectivity index (χ0n) is 26.6. The standard InChI is InChI=1S/C34H39N3O6S/c1-20-21(2)23(4)33(24(5)22(20)3)44(39,40)37-15-13-36(14-16-37)34(38)27-19-29(35-28-12-10-9-11-26(27)28)25-17-30(41-6)32(43-8)31(18-25)42-7/h9-12,17-19H,13-16H2,1-8H3. The molecule has 0 spiro atoms. The van der Waals surface area contributed by atoms with Crippen molar-refractivity contribution in [1.29, 1.82) is 0 Å². The van der Waals surface area contributed by atoms with Gasteiger partial charge in [-0.15, -0.1) is 0 Å². The van der Waals surface area contributed by atoms with E-state index < -0.39 is 10.0 Å². The highest BCUT2D eigenvalue weighted by molar-refractivity contribution is 7.89. The second-order valence-corrected chi connectivity index (χ2v) is 13.0. The van der Waals surface area contributed by atoms with Crippen LogP contribution in [-0.4, -0.2) is 76.0 Å². The molecular weight excluding hydrogens is 578 g/mol. The van der Waals surface area contributed by atoms with Crippen molar-refractivity contribution in [2.24, 2.45) is 0 Å². The molecule has 1 amide bonds. The van der Waals surface area contributed by atoms with Crippen molar-refractivity contribution in [1.82, 2.24) is 14.2 Å². The molecule has 1 saturated heterocycles. The van der Waals surface area contributed by atoms with Gasteiger partial charge < -0.3 is 19.1 Å². The Balaban J connectivity index is 1.47. The predicted molar refractivity (Wildman–Crippen MR) is 172 cm³/mol. The molecular formula is C34H39N3O6S. The quantitative estimate of drug-likeness (QED) is 0.266. The van der Waals surface area contributed by atoms with Crippen molar-refractivity contribution in [3.05, 3.63) is 75.8 Å². The highest BCUT2D eigenvalue weighted by Crippen LogP contribution is 2.41. The fourth-order valence-electron chi connectivity index (χ4n) is 6.01. The average molecular weight is 618 g/mol. The minimum absolute atomic E-state index is 0.177. The number of pyridine rings is 1. The van der Waals surface area contributed by atoms with E-state index >= 15 is 0 Å². The van der Waals surface area contributed by atoms with Crippen molar-refractivity contribution in [2.45, 2.75) is 39.5 Å². The lowest BCUT2D eigenvalue weighted by atomic mass is 9.95. The van der Waals surface area contributed by atoms with Gasteiger partial charge in [0.05, 0.1) is 43.0 Å². The highest BCUT2D eigenvalue weighted by Gasteiger charge is 2.34. The van der Waals surface area contributed by atoms with Gasteiger partial charge in [-0.2, -0.15) is 4.31 Å². The molecule has 2 heterocycles. The largest absolute Gasteiger partial charge is 0.493 e. The molecule has 1 aliphatic rings. The Hall–Kier alpha value is -4.15. The number of hydrogen-bond donors (Lipinski definition) is 0. The second-order valence-electron chi connectivity index (χ2n) is 11.1. The number of aromatic nitrogens is 1. The van der Waals surface area contributed by atoms with Crippen LogP contribution in [0.1, 0.15) is 38.2 Å². The smallest absolute Gasteiger partial charge is 0.254 e. The van der Waals surface area contributed by atoms with Crippen LogP contribution in [0.15, 0.2) is 47.4 Å². The van der Waals surface area contributed by atoms with Gasteiger partial charge in [-0.25, -0.2) is 13.4 Å². The number of piperazine rings is 1. The normalized spacial score (nSPS) is 14.1. The lowest BCUT2D eigenvalue weighted by Crippen LogP contribution is -2.50. The van der Waals surface area contributed by atoms with Gasteiger partial charge in [0.1, 0.15) is 0 Å². The predicted octanol–water partition coefficient (Wildman–Crippen LogP) is 5.62. The van der Waals surface area contributed by atoms with Crippen LogP contribution >= 0.6 is 0 Å². The van der Waals surface area contributed by atoms with Crippen molar-refractivity contribution in [3.63, 3.8) is 0 Å². The third-order valence-corrected chi connectivity index (χ3v) is 11.1. The summed E-state index contributed by atoms with van der Waals surface area (Å²) in [6.45, 7) is 10.7. The van der Waals surface area contributed by atoms with Crippen LogP contribution in [0, 0.1) is 34.6 Å². The van der Waals surface area contributed by atoms with Gasteiger partial charge in [-0.1, -0.05) is 18.2 Å². The van der Waals surface area contributed by atoms with Crippen molar-refractivity contribution in [3.8, 4) is 28.5 Å². The van der Waals surface area contributed by atoms with E-state index in [-0.39, 0.29) is 32.1 Å². The Morgan fingerprint density at radius 3 is 1.84 bits per heavy atom. The van der Waals surface area contributed by atoms with Crippen molar-refractivity contribution >= 4 is 26.8 Å². The number of ether oxygens (including phenoxy) is 3. The molecule has 3 aromatic carbocycles. The molecule has 4 aromatic rings. The molecule has 10 heteroatoms. The zero-order chi connectivity index (χ0) is 31.9. The van der Waals surface area contributed by atoms with Gasteiger partial charge in [-0.05, 0) is 86.7 Å². The Morgan fingerprint density at radius 2 is 1.30 bits per heavy atom. The molecule has 44 heavy (non-hydrogen) atoms. The summed E-state index contributed by atoms with van der Waals surface area (Å²) in [6.07, 6.45) is 0. The Kier molecular flexibility index (Phi) is 8.59. The molecule has 1 fully saturated rings. The van der Waals surface area contributed by atoms with Gasteiger partial charge >= 0.3 is 0 Å². The number of carbonyl (C=O) groups excluding carboxylic acids is 1. The third kappa shape index (κ3) is 5.26. The number of sulfonamides is 1. The molecule has 0 N–H and O–H groups in total. The van der Waals surface area contributed by atoms with Crippen LogP contribution in [-0.2, 0) is 10.0 Å². The van der Waals surface area contributed by atoms with Gasteiger partial charge in [-0.3, -0.25) is 4.79 Å². The molecule has 0 radical (unpaired) electrons. The van der Waals surface area contributed by atoms with Crippen molar-refractivity contribution < 1.29 is 27.4 Å². The first kappa shape index (κ1) is 31.3. The van der Waals surface area contributed by atoms with E-state index in [1.54, 1.807) is 44.4 Å². The summed E-state index contributed by atoms with van der Waals surface area (Å²) < 4.78 is 45.9. The topological polar surface area (TPSA) is 98.3 Å².